The minimum atomic E-state index is -1.06. The van der Waals surface area contributed by atoms with Gasteiger partial charge in [0.05, 0.1) is 12.1 Å². The number of hydrogen-bond acceptors (Lipinski definition) is 6. The molecule has 3 rings (SSSR count). The van der Waals surface area contributed by atoms with Crippen molar-refractivity contribution in [2.45, 2.75) is 64.6 Å². The van der Waals surface area contributed by atoms with Gasteiger partial charge in [0.25, 0.3) is 0 Å². The third kappa shape index (κ3) is 6.45. The molecule has 1 aliphatic heterocycles. The molecule has 1 unspecified atom stereocenters. The fourth-order valence-electron chi connectivity index (χ4n) is 4.25. The Bertz CT molecular complexity index is 1050. The average molecular weight is 483 g/mol. The van der Waals surface area contributed by atoms with Crippen LogP contribution in [-0.4, -0.2) is 65.5 Å². The zero-order valence-electron chi connectivity index (χ0n) is 20.9. The van der Waals surface area contributed by atoms with Crippen molar-refractivity contribution in [2.24, 2.45) is 11.1 Å². The van der Waals surface area contributed by atoms with Crippen LogP contribution in [0.1, 0.15) is 45.6 Å². The summed E-state index contributed by atoms with van der Waals surface area (Å²) in [6.07, 6.45) is 1.22. The molecule has 1 heterocycles. The van der Waals surface area contributed by atoms with Crippen LogP contribution in [0.5, 0.6) is 0 Å². The summed E-state index contributed by atoms with van der Waals surface area (Å²) in [5.74, 6) is -1.24. The van der Waals surface area contributed by atoms with Crippen molar-refractivity contribution < 1.29 is 19.5 Å². The highest BCUT2D eigenvalue weighted by Crippen LogP contribution is 2.27. The molecule has 3 atom stereocenters. The van der Waals surface area contributed by atoms with Crippen molar-refractivity contribution >= 4 is 28.5 Å². The Morgan fingerprint density at radius 1 is 1.20 bits per heavy atom. The molecule has 0 aromatic heterocycles. The van der Waals surface area contributed by atoms with Gasteiger partial charge in [-0.3, -0.25) is 19.3 Å². The van der Waals surface area contributed by atoms with Crippen LogP contribution in [0.25, 0.3) is 10.8 Å². The Kier molecular flexibility index (Phi) is 8.99. The summed E-state index contributed by atoms with van der Waals surface area (Å²) in [5, 5.41) is 17.8. The van der Waals surface area contributed by atoms with E-state index in [1.54, 1.807) is 13.8 Å². The molecule has 0 radical (unpaired) electrons. The van der Waals surface area contributed by atoms with Gasteiger partial charge in [-0.25, -0.2) is 0 Å². The second-order valence-corrected chi connectivity index (χ2v) is 9.94. The predicted octanol–water partition coefficient (Wildman–Crippen LogP) is 1.73. The normalized spacial score (nSPS) is 17.7. The molecule has 3 amide bonds. The Morgan fingerprint density at radius 3 is 2.54 bits per heavy atom. The third-order valence-corrected chi connectivity index (χ3v) is 6.92. The third-order valence-electron chi connectivity index (χ3n) is 6.92. The van der Waals surface area contributed by atoms with Gasteiger partial charge >= 0.3 is 0 Å². The Hall–Kier alpha value is -2.81. The molecule has 0 saturated carbocycles. The monoisotopic (exact) mass is 482 g/mol. The number of nitrogens with one attached hydrogen (secondary N) is 2. The van der Waals surface area contributed by atoms with Crippen molar-refractivity contribution in [3.63, 3.8) is 0 Å². The molecule has 1 aliphatic rings. The molecule has 190 valence electrons. The SMILES string of the molecule is CCC(C)(C)C(=O)N(C(=O)[C@@H]1CCCN1)[C@H](Cc1ccc2ccccc2c1)C(=O)NCC(O)CN. The lowest BCUT2D eigenvalue weighted by Gasteiger charge is -2.36. The van der Waals surface area contributed by atoms with Gasteiger partial charge in [0.15, 0.2) is 0 Å². The van der Waals surface area contributed by atoms with Crippen molar-refractivity contribution in [3.05, 3.63) is 48.0 Å². The fourth-order valence-corrected chi connectivity index (χ4v) is 4.25. The molecule has 5 N–H and O–H groups in total. The van der Waals surface area contributed by atoms with Crippen molar-refractivity contribution in [2.75, 3.05) is 19.6 Å². The van der Waals surface area contributed by atoms with Crippen molar-refractivity contribution in [3.8, 4) is 0 Å². The molecule has 0 bridgehead atoms. The number of amides is 3. The van der Waals surface area contributed by atoms with Crippen LogP contribution in [0.15, 0.2) is 42.5 Å². The summed E-state index contributed by atoms with van der Waals surface area (Å²) in [5.41, 5.74) is 5.51. The van der Waals surface area contributed by atoms with E-state index >= 15 is 0 Å². The van der Waals surface area contributed by atoms with Gasteiger partial charge in [-0.1, -0.05) is 63.2 Å². The number of aliphatic hydroxyl groups is 1. The van der Waals surface area contributed by atoms with E-state index in [9.17, 15) is 19.5 Å². The van der Waals surface area contributed by atoms with E-state index in [1.807, 2.05) is 49.4 Å². The minimum Gasteiger partial charge on any atom is -0.390 e. The van der Waals surface area contributed by atoms with Crippen molar-refractivity contribution in [1.29, 1.82) is 0 Å². The first-order valence-corrected chi connectivity index (χ1v) is 12.4. The van der Waals surface area contributed by atoms with Crippen LogP contribution in [-0.2, 0) is 20.8 Å². The highest BCUT2D eigenvalue weighted by atomic mass is 16.3. The number of nitrogens with zero attached hydrogens (tertiary/aromatic N) is 1. The number of aliphatic hydroxyl groups excluding tert-OH is 1. The van der Waals surface area contributed by atoms with E-state index in [2.05, 4.69) is 10.6 Å². The number of carbonyl (C=O) groups is 3. The van der Waals surface area contributed by atoms with Gasteiger partial charge in [-0.15, -0.1) is 0 Å². The van der Waals surface area contributed by atoms with Gasteiger partial charge in [-0.2, -0.15) is 0 Å². The molecule has 1 saturated heterocycles. The lowest BCUT2D eigenvalue weighted by molar-refractivity contribution is -0.158. The number of nitrogens with two attached hydrogens (primary N) is 1. The number of benzene rings is 2. The second kappa shape index (κ2) is 11.7. The van der Waals surface area contributed by atoms with Crippen LogP contribution in [0.4, 0.5) is 0 Å². The maximum absolute atomic E-state index is 13.8. The first kappa shape index (κ1) is 26.8. The Morgan fingerprint density at radius 2 is 1.91 bits per heavy atom. The number of fused-ring (bicyclic) bond motifs is 1. The minimum absolute atomic E-state index is 0.00788. The van der Waals surface area contributed by atoms with Gasteiger partial charge in [0, 0.05) is 24.9 Å². The van der Waals surface area contributed by atoms with Gasteiger partial charge in [0.2, 0.25) is 17.7 Å². The molecular formula is C27H38N4O4. The van der Waals surface area contributed by atoms with E-state index in [0.29, 0.717) is 19.4 Å². The van der Waals surface area contributed by atoms with E-state index in [1.165, 1.54) is 4.90 Å². The summed E-state index contributed by atoms with van der Waals surface area (Å²) in [4.78, 5) is 42.1. The first-order valence-electron chi connectivity index (χ1n) is 12.4. The molecule has 1 fully saturated rings. The van der Waals surface area contributed by atoms with Gasteiger partial charge in [-0.05, 0) is 42.1 Å². The molecule has 8 heteroatoms. The topological polar surface area (TPSA) is 125 Å². The van der Waals surface area contributed by atoms with Crippen LogP contribution >= 0.6 is 0 Å². The molecule has 8 nitrogen and oxygen atoms in total. The van der Waals surface area contributed by atoms with Crippen LogP contribution in [0.3, 0.4) is 0 Å². The van der Waals surface area contributed by atoms with Crippen molar-refractivity contribution in [1.82, 2.24) is 15.5 Å². The van der Waals surface area contributed by atoms with E-state index in [4.69, 9.17) is 5.73 Å². The number of hydrogen-bond donors (Lipinski definition) is 4. The zero-order valence-corrected chi connectivity index (χ0v) is 20.9. The highest BCUT2D eigenvalue weighted by Gasteiger charge is 2.43. The maximum Gasteiger partial charge on any atom is 0.247 e. The van der Waals surface area contributed by atoms with Crippen LogP contribution < -0.4 is 16.4 Å². The number of carbonyl (C=O) groups excluding carboxylic acids is 3. The van der Waals surface area contributed by atoms with E-state index in [0.717, 1.165) is 22.8 Å². The summed E-state index contributed by atoms with van der Waals surface area (Å²) in [6.45, 7) is 6.11. The molecule has 2 aromatic carbocycles. The molecule has 2 aromatic rings. The zero-order chi connectivity index (χ0) is 25.6. The largest absolute Gasteiger partial charge is 0.390 e. The predicted molar refractivity (Wildman–Crippen MR) is 136 cm³/mol. The molecule has 35 heavy (non-hydrogen) atoms. The molecular weight excluding hydrogens is 444 g/mol. The lowest BCUT2D eigenvalue weighted by Crippen LogP contribution is -2.60. The number of rotatable bonds is 10. The summed E-state index contributed by atoms with van der Waals surface area (Å²) in [7, 11) is 0. The maximum atomic E-state index is 13.8. The van der Waals surface area contributed by atoms with Gasteiger partial charge < -0.3 is 21.5 Å². The standard InChI is InChI=1S/C27H38N4O4/c1-4-27(2,3)26(35)31(25(34)22-10-7-13-29-22)23(24(33)30-17-21(32)16-28)15-18-11-12-19-8-5-6-9-20(19)14-18/h5-6,8-9,11-12,14,21-23,29,32H,4,7,10,13,15-17,28H2,1-3H3,(H,30,33)/t21?,22-,23+/m0/s1. The second-order valence-electron chi connectivity index (χ2n) is 9.94. The highest BCUT2D eigenvalue weighted by molar-refractivity contribution is 6.04. The van der Waals surface area contributed by atoms with Gasteiger partial charge in [0.1, 0.15) is 6.04 Å². The summed E-state index contributed by atoms with van der Waals surface area (Å²) >= 11 is 0. The lowest BCUT2D eigenvalue weighted by atomic mass is 9.87. The summed E-state index contributed by atoms with van der Waals surface area (Å²) in [6, 6.07) is 12.2. The number of imide groups is 1. The van der Waals surface area contributed by atoms with Crippen LogP contribution in [0.2, 0.25) is 0 Å². The average Bonchev–Trinajstić information content (AvgIpc) is 3.41. The molecule has 0 spiro atoms. The quantitative estimate of drug-likeness (QED) is 0.409. The van der Waals surface area contributed by atoms with E-state index < -0.39 is 29.5 Å². The van der Waals surface area contributed by atoms with E-state index in [-0.39, 0.29) is 31.3 Å². The molecule has 0 aliphatic carbocycles. The smallest absolute Gasteiger partial charge is 0.247 e. The Labute approximate surface area is 207 Å². The fraction of sp³-hybridized carbons (Fsp3) is 0.519. The summed E-state index contributed by atoms with van der Waals surface area (Å²) < 4.78 is 0. The Balaban J connectivity index is 2.02. The van der Waals surface area contributed by atoms with Crippen LogP contribution in [0, 0.1) is 5.41 Å². The first-order chi connectivity index (χ1) is 16.7.